The van der Waals surface area contributed by atoms with E-state index in [0.29, 0.717) is 13.2 Å². The van der Waals surface area contributed by atoms with Gasteiger partial charge in [0.05, 0.1) is 36.9 Å². The summed E-state index contributed by atoms with van der Waals surface area (Å²) in [4.78, 5) is 16.2. The van der Waals surface area contributed by atoms with Gasteiger partial charge in [-0.05, 0) is 23.3 Å². The van der Waals surface area contributed by atoms with Crippen LogP contribution < -0.4 is 4.90 Å². The molecule has 1 atom stereocenters. The molecule has 4 aromatic rings. The van der Waals surface area contributed by atoms with Crippen LogP contribution in [0.5, 0.6) is 0 Å². The van der Waals surface area contributed by atoms with Gasteiger partial charge in [-0.15, -0.1) is 0 Å². The summed E-state index contributed by atoms with van der Waals surface area (Å²) in [6.45, 7) is 4.28. The molecule has 7 nitrogen and oxygen atoms in total. The molecule has 1 fully saturated rings. The second-order valence-electron chi connectivity index (χ2n) is 7.91. The van der Waals surface area contributed by atoms with E-state index in [1.807, 2.05) is 18.5 Å². The number of nitrogens with zero attached hydrogens (tertiary/aromatic N) is 5. The second kappa shape index (κ2) is 7.76. The van der Waals surface area contributed by atoms with Gasteiger partial charge in [0.2, 0.25) is 5.95 Å². The van der Waals surface area contributed by atoms with Crippen molar-refractivity contribution in [3.05, 3.63) is 72.3 Å². The van der Waals surface area contributed by atoms with Gasteiger partial charge >= 0.3 is 0 Å². The minimum Gasteiger partial charge on any atom is -0.378 e. The maximum atomic E-state index is 5.86. The zero-order valence-electron chi connectivity index (χ0n) is 17.1. The summed E-state index contributed by atoms with van der Waals surface area (Å²) in [6.07, 6.45) is 3.81. The van der Waals surface area contributed by atoms with E-state index in [-0.39, 0.29) is 6.04 Å². The van der Waals surface area contributed by atoms with E-state index in [4.69, 9.17) is 14.5 Å². The summed E-state index contributed by atoms with van der Waals surface area (Å²) in [6, 6.07) is 17.0. The van der Waals surface area contributed by atoms with Crippen molar-refractivity contribution in [3.63, 3.8) is 0 Å². The van der Waals surface area contributed by atoms with Crippen molar-refractivity contribution < 1.29 is 9.47 Å². The molecule has 0 aliphatic carbocycles. The van der Waals surface area contributed by atoms with Crippen LogP contribution in [-0.4, -0.2) is 52.4 Å². The predicted octanol–water partition coefficient (Wildman–Crippen LogP) is 3.45. The highest BCUT2D eigenvalue weighted by Gasteiger charge is 2.25. The first-order chi connectivity index (χ1) is 15.4. The van der Waals surface area contributed by atoms with Crippen molar-refractivity contribution in [2.75, 3.05) is 37.8 Å². The Bertz CT molecular complexity index is 1200. The minimum atomic E-state index is 0.116. The average Bonchev–Trinajstić information content (AvgIpc) is 3.23. The van der Waals surface area contributed by atoms with Crippen LogP contribution in [-0.2, 0) is 16.1 Å². The lowest BCUT2D eigenvalue weighted by Gasteiger charge is -2.27. The Morgan fingerprint density at radius 2 is 1.68 bits per heavy atom. The van der Waals surface area contributed by atoms with Crippen molar-refractivity contribution in [1.82, 2.24) is 19.5 Å². The highest BCUT2D eigenvalue weighted by Crippen LogP contribution is 2.32. The first-order valence-electron chi connectivity index (χ1n) is 10.7. The van der Waals surface area contributed by atoms with Gasteiger partial charge in [-0.25, -0.2) is 15.0 Å². The largest absolute Gasteiger partial charge is 0.378 e. The number of rotatable bonds is 3. The van der Waals surface area contributed by atoms with E-state index in [2.05, 4.69) is 61.9 Å². The molecule has 0 unspecified atom stereocenters. The Balaban J connectivity index is 1.38. The summed E-state index contributed by atoms with van der Waals surface area (Å²) in [7, 11) is 0. The number of hydrogen-bond acceptors (Lipinski definition) is 6. The molecule has 0 bridgehead atoms. The van der Waals surface area contributed by atoms with Crippen LogP contribution in [0.15, 0.2) is 60.9 Å². The predicted molar refractivity (Wildman–Crippen MR) is 118 cm³/mol. The first-order valence-corrected chi connectivity index (χ1v) is 10.7. The van der Waals surface area contributed by atoms with Crippen LogP contribution >= 0.6 is 0 Å². The molecule has 2 aliphatic heterocycles. The number of hydrogen-bond donors (Lipinski definition) is 0. The lowest BCUT2D eigenvalue weighted by atomic mass is 10.1. The molecule has 0 N–H and O–H groups in total. The molecule has 2 aliphatic rings. The third-order valence-electron chi connectivity index (χ3n) is 6.03. The van der Waals surface area contributed by atoms with Gasteiger partial charge < -0.3 is 18.9 Å². The molecule has 31 heavy (non-hydrogen) atoms. The van der Waals surface area contributed by atoms with Crippen LogP contribution in [0.25, 0.3) is 22.2 Å². The zero-order chi connectivity index (χ0) is 20.6. The number of fused-ring (bicyclic) bond motifs is 3. The van der Waals surface area contributed by atoms with E-state index >= 15 is 0 Å². The number of imidazole rings is 1. The van der Waals surface area contributed by atoms with Crippen molar-refractivity contribution >= 4 is 17.0 Å². The molecule has 2 aromatic carbocycles. The number of anilines is 1. The molecule has 1 saturated heterocycles. The molecule has 6 rings (SSSR count). The van der Waals surface area contributed by atoms with Crippen LogP contribution in [0.4, 0.5) is 5.95 Å². The maximum absolute atomic E-state index is 5.86. The summed E-state index contributed by atoms with van der Waals surface area (Å²) in [5.41, 5.74) is 5.41. The standard InChI is InChI=1S/C24H23N5O2/c1-2-4-17(5-3-1)22-15-31-16-23-27-20-7-6-18(12-21(20)29(22)23)19-13-25-24(26-14-19)28-8-10-30-11-9-28/h1-7,12-14,22H,8-11,15-16H2/t22-/m1/s1. The molecule has 0 spiro atoms. The van der Waals surface area contributed by atoms with E-state index in [0.717, 1.165) is 60.2 Å². The third-order valence-corrected chi connectivity index (χ3v) is 6.03. The maximum Gasteiger partial charge on any atom is 0.225 e. The second-order valence-corrected chi connectivity index (χ2v) is 7.91. The van der Waals surface area contributed by atoms with Gasteiger partial charge in [0, 0.05) is 31.0 Å². The number of morpholine rings is 1. The van der Waals surface area contributed by atoms with E-state index in [9.17, 15) is 0 Å². The minimum absolute atomic E-state index is 0.116. The summed E-state index contributed by atoms with van der Waals surface area (Å²) >= 11 is 0. The fraction of sp³-hybridized carbons (Fsp3) is 0.292. The molecule has 156 valence electrons. The van der Waals surface area contributed by atoms with Gasteiger partial charge in [-0.1, -0.05) is 36.4 Å². The Kier molecular flexibility index (Phi) is 4.62. The van der Waals surface area contributed by atoms with Gasteiger partial charge in [0.15, 0.2) is 0 Å². The number of ether oxygens (including phenoxy) is 2. The Labute approximate surface area is 180 Å². The van der Waals surface area contributed by atoms with Crippen molar-refractivity contribution in [2.45, 2.75) is 12.6 Å². The Hall–Kier alpha value is -3.29. The third kappa shape index (κ3) is 3.36. The lowest BCUT2D eigenvalue weighted by molar-refractivity contribution is 0.0679. The van der Waals surface area contributed by atoms with E-state index in [1.54, 1.807) is 0 Å². The van der Waals surface area contributed by atoms with E-state index < -0.39 is 0 Å². The summed E-state index contributed by atoms with van der Waals surface area (Å²) in [5.74, 6) is 1.72. The van der Waals surface area contributed by atoms with Gasteiger partial charge in [0.1, 0.15) is 12.4 Å². The summed E-state index contributed by atoms with van der Waals surface area (Å²) < 4.78 is 13.6. The zero-order valence-corrected chi connectivity index (χ0v) is 17.1. The molecular weight excluding hydrogens is 390 g/mol. The van der Waals surface area contributed by atoms with Crippen LogP contribution in [0, 0.1) is 0 Å². The molecule has 0 saturated carbocycles. The number of benzene rings is 2. The van der Waals surface area contributed by atoms with Gasteiger partial charge in [0.25, 0.3) is 0 Å². The molecule has 0 radical (unpaired) electrons. The average molecular weight is 413 g/mol. The molecule has 4 heterocycles. The molecular formula is C24H23N5O2. The smallest absolute Gasteiger partial charge is 0.225 e. The monoisotopic (exact) mass is 413 g/mol. The highest BCUT2D eigenvalue weighted by molar-refractivity contribution is 5.83. The highest BCUT2D eigenvalue weighted by atomic mass is 16.5. The quantitative estimate of drug-likeness (QED) is 0.513. The molecule has 7 heteroatoms. The van der Waals surface area contributed by atoms with Crippen LogP contribution in [0.3, 0.4) is 0 Å². The topological polar surface area (TPSA) is 65.3 Å². The van der Waals surface area contributed by atoms with Crippen molar-refractivity contribution in [1.29, 1.82) is 0 Å². The summed E-state index contributed by atoms with van der Waals surface area (Å²) in [5, 5.41) is 0. The Morgan fingerprint density at radius 1 is 0.871 bits per heavy atom. The fourth-order valence-corrected chi connectivity index (χ4v) is 4.43. The van der Waals surface area contributed by atoms with Gasteiger partial charge in [-0.3, -0.25) is 0 Å². The van der Waals surface area contributed by atoms with Crippen molar-refractivity contribution in [2.24, 2.45) is 0 Å². The van der Waals surface area contributed by atoms with Crippen LogP contribution in [0.1, 0.15) is 17.4 Å². The van der Waals surface area contributed by atoms with Gasteiger partial charge in [-0.2, -0.15) is 0 Å². The number of aromatic nitrogens is 4. The lowest BCUT2D eigenvalue weighted by Crippen LogP contribution is -2.37. The SMILES string of the molecule is c1ccc([C@H]2COCc3nc4ccc(-c5cnc(N6CCOCC6)nc5)cc4n32)cc1. The fourth-order valence-electron chi connectivity index (χ4n) is 4.43. The molecule has 2 aromatic heterocycles. The normalized spacial score (nSPS) is 18.8. The molecule has 0 amide bonds. The Morgan fingerprint density at radius 3 is 2.48 bits per heavy atom. The van der Waals surface area contributed by atoms with E-state index in [1.165, 1.54) is 5.56 Å². The van der Waals surface area contributed by atoms with Crippen LogP contribution in [0.2, 0.25) is 0 Å². The first kappa shape index (κ1) is 18.5. The van der Waals surface area contributed by atoms with Crippen molar-refractivity contribution in [3.8, 4) is 11.1 Å².